The third kappa shape index (κ3) is 3.64. The zero-order valence-corrected chi connectivity index (χ0v) is 16.3. The smallest absolute Gasteiger partial charge is 0.338 e. The molecule has 0 aromatic heterocycles. The lowest BCUT2D eigenvalue weighted by atomic mass is 9.48. The van der Waals surface area contributed by atoms with Gasteiger partial charge in [-0.1, -0.05) is 12.1 Å². The number of hydrogen-bond acceptors (Lipinski definition) is 4. The lowest BCUT2D eigenvalue weighted by molar-refractivity contribution is -0.152. The Balaban J connectivity index is 1.38. The number of urea groups is 1. The first-order chi connectivity index (χ1) is 13.3. The number of primary amides is 1. The van der Waals surface area contributed by atoms with E-state index in [1.807, 2.05) is 0 Å². The van der Waals surface area contributed by atoms with Crippen LogP contribution in [-0.2, 0) is 16.1 Å². The van der Waals surface area contributed by atoms with Crippen LogP contribution in [0.2, 0.25) is 0 Å². The van der Waals surface area contributed by atoms with Crippen LogP contribution in [0.3, 0.4) is 0 Å². The highest BCUT2D eigenvalue weighted by Gasteiger charge is 2.55. The summed E-state index contributed by atoms with van der Waals surface area (Å²) >= 11 is 0. The van der Waals surface area contributed by atoms with E-state index in [2.05, 4.69) is 5.32 Å². The second-order valence-electron chi connectivity index (χ2n) is 9.02. The van der Waals surface area contributed by atoms with Crippen LogP contribution in [0.15, 0.2) is 24.3 Å². The summed E-state index contributed by atoms with van der Waals surface area (Å²) in [4.78, 5) is 36.5. The number of ketones is 1. The van der Waals surface area contributed by atoms with Gasteiger partial charge in [0, 0.05) is 12.0 Å². The Labute approximate surface area is 165 Å². The van der Waals surface area contributed by atoms with Crippen molar-refractivity contribution in [3.05, 3.63) is 35.4 Å². The van der Waals surface area contributed by atoms with Gasteiger partial charge in [0.25, 0.3) is 0 Å². The van der Waals surface area contributed by atoms with Gasteiger partial charge in [-0.25, -0.2) is 9.59 Å². The molecule has 3 N–H and O–H groups in total. The second kappa shape index (κ2) is 7.22. The van der Waals surface area contributed by atoms with E-state index in [0.29, 0.717) is 29.9 Å². The van der Waals surface area contributed by atoms with E-state index in [1.54, 1.807) is 31.2 Å². The molecule has 0 radical (unpaired) electrons. The fourth-order valence-corrected chi connectivity index (χ4v) is 6.07. The van der Waals surface area contributed by atoms with Crippen molar-refractivity contribution in [1.29, 1.82) is 0 Å². The molecule has 28 heavy (non-hydrogen) atoms. The van der Waals surface area contributed by atoms with E-state index >= 15 is 0 Å². The summed E-state index contributed by atoms with van der Waals surface area (Å²) in [6.45, 7) is 2.01. The van der Waals surface area contributed by atoms with E-state index in [9.17, 15) is 14.4 Å². The number of Topliss-reactive ketones (excluding diaryl/α,β-unsaturated/α-hetero) is 1. The normalized spacial score (nSPS) is 31.2. The first kappa shape index (κ1) is 19.0. The van der Waals surface area contributed by atoms with Crippen molar-refractivity contribution in [2.24, 2.45) is 28.9 Å². The Morgan fingerprint density at radius 1 is 1.07 bits per heavy atom. The molecule has 0 spiro atoms. The maximum atomic E-state index is 13.2. The monoisotopic (exact) mass is 384 g/mol. The average molecular weight is 384 g/mol. The van der Waals surface area contributed by atoms with Crippen LogP contribution in [-0.4, -0.2) is 23.9 Å². The number of carbonyl (C=O) groups is 3. The highest BCUT2D eigenvalue weighted by atomic mass is 16.5. The zero-order valence-electron chi connectivity index (χ0n) is 16.3. The molecule has 150 valence electrons. The Hall–Kier alpha value is -2.37. The van der Waals surface area contributed by atoms with E-state index in [4.69, 9.17) is 10.5 Å². The molecule has 4 aliphatic rings. The van der Waals surface area contributed by atoms with Gasteiger partial charge in [-0.05, 0) is 80.9 Å². The molecule has 5 rings (SSSR count). The van der Waals surface area contributed by atoms with Gasteiger partial charge in [0.2, 0.25) is 0 Å². The predicted molar refractivity (Wildman–Crippen MR) is 103 cm³/mol. The van der Waals surface area contributed by atoms with Gasteiger partial charge >= 0.3 is 12.0 Å². The van der Waals surface area contributed by atoms with Gasteiger partial charge in [0.05, 0.1) is 5.56 Å². The molecule has 0 heterocycles. The maximum absolute atomic E-state index is 13.2. The predicted octanol–water partition coefficient (Wildman–Crippen LogP) is 3.19. The van der Waals surface area contributed by atoms with Gasteiger partial charge in [0.1, 0.15) is 0 Å². The topological polar surface area (TPSA) is 98.5 Å². The van der Waals surface area contributed by atoms with Gasteiger partial charge in [-0.15, -0.1) is 0 Å². The maximum Gasteiger partial charge on any atom is 0.338 e. The summed E-state index contributed by atoms with van der Waals surface area (Å²) in [5.41, 5.74) is 6.01. The minimum atomic E-state index is -0.722. The SMILES string of the molecule is C[C@H](OC(=O)c1ccc(CNC(N)=O)cc1)C(=O)C12CC3CC(CC(C3)C1)C2. The molecule has 1 atom stereocenters. The number of benzene rings is 1. The van der Waals surface area contributed by atoms with E-state index in [1.165, 1.54) is 19.3 Å². The van der Waals surface area contributed by atoms with Crippen LogP contribution in [0, 0.1) is 23.2 Å². The molecule has 4 saturated carbocycles. The van der Waals surface area contributed by atoms with E-state index < -0.39 is 18.1 Å². The molecule has 4 aliphatic carbocycles. The van der Waals surface area contributed by atoms with Crippen molar-refractivity contribution >= 4 is 17.8 Å². The van der Waals surface area contributed by atoms with Crippen LogP contribution >= 0.6 is 0 Å². The van der Waals surface area contributed by atoms with Crippen LogP contribution < -0.4 is 11.1 Å². The van der Waals surface area contributed by atoms with Gasteiger partial charge < -0.3 is 15.8 Å². The second-order valence-corrected chi connectivity index (χ2v) is 9.02. The lowest BCUT2D eigenvalue weighted by Gasteiger charge is -2.56. The Morgan fingerprint density at radius 2 is 1.61 bits per heavy atom. The van der Waals surface area contributed by atoms with Crippen LogP contribution in [0.1, 0.15) is 61.4 Å². The third-order valence-electron chi connectivity index (χ3n) is 6.87. The number of nitrogens with one attached hydrogen (secondary N) is 1. The fourth-order valence-electron chi connectivity index (χ4n) is 6.07. The number of nitrogens with two attached hydrogens (primary N) is 1. The minimum Gasteiger partial charge on any atom is -0.451 e. The highest BCUT2D eigenvalue weighted by Crippen LogP contribution is 2.60. The Bertz CT molecular complexity index is 751. The summed E-state index contributed by atoms with van der Waals surface area (Å²) in [7, 11) is 0. The molecule has 4 fully saturated rings. The number of hydrogen-bond donors (Lipinski definition) is 2. The number of esters is 1. The standard InChI is InChI=1S/C22H28N2O4/c1-13(19(25)22-9-15-6-16(10-22)8-17(7-15)11-22)28-20(26)18-4-2-14(3-5-18)12-24-21(23)27/h2-5,13,15-17H,6-12H2,1H3,(H3,23,24,27)/t13-,15?,16?,17?,22?/m0/s1. The molecular weight excluding hydrogens is 356 g/mol. The van der Waals surface area contributed by atoms with Crippen molar-refractivity contribution in [3.8, 4) is 0 Å². The van der Waals surface area contributed by atoms with Crippen molar-refractivity contribution in [3.63, 3.8) is 0 Å². The number of rotatable bonds is 6. The van der Waals surface area contributed by atoms with E-state index in [0.717, 1.165) is 24.8 Å². The molecular formula is C22H28N2O4. The average Bonchev–Trinajstić information content (AvgIpc) is 2.65. The van der Waals surface area contributed by atoms with Crippen molar-refractivity contribution in [2.75, 3.05) is 0 Å². The van der Waals surface area contributed by atoms with Gasteiger partial charge in [0.15, 0.2) is 11.9 Å². The molecule has 2 amide bonds. The largest absolute Gasteiger partial charge is 0.451 e. The van der Waals surface area contributed by atoms with Crippen LogP contribution in [0.4, 0.5) is 4.79 Å². The van der Waals surface area contributed by atoms with Crippen molar-refractivity contribution in [2.45, 2.75) is 58.1 Å². The molecule has 0 saturated heterocycles. The highest BCUT2D eigenvalue weighted by molar-refractivity contribution is 5.94. The lowest BCUT2D eigenvalue weighted by Crippen LogP contribution is -2.52. The molecule has 1 aromatic carbocycles. The summed E-state index contributed by atoms with van der Waals surface area (Å²) < 4.78 is 5.55. The van der Waals surface area contributed by atoms with Crippen LogP contribution in [0.5, 0.6) is 0 Å². The number of carbonyl (C=O) groups excluding carboxylic acids is 3. The number of amides is 2. The van der Waals surface area contributed by atoms with Crippen LogP contribution in [0.25, 0.3) is 0 Å². The zero-order chi connectivity index (χ0) is 19.9. The summed E-state index contributed by atoms with van der Waals surface area (Å²) in [6.07, 6.45) is 6.02. The fraction of sp³-hybridized carbons (Fsp3) is 0.591. The summed E-state index contributed by atoms with van der Waals surface area (Å²) in [6, 6.07) is 6.15. The quantitative estimate of drug-likeness (QED) is 0.736. The Morgan fingerprint density at radius 3 is 2.11 bits per heavy atom. The number of ether oxygens (including phenoxy) is 1. The van der Waals surface area contributed by atoms with Crippen molar-refractivity contribution < 1.29 is 19.1 Å². The molecule has 6 heteroatoms. The summed E-state index contributed by atoms with van der Waals surface area (Å²) in [5.74, 6) is 1.67. The molecule has 1 aromatic rings. The molecule has 0 aliphatic heterocycles. The Kier molecular flexibility index (Phi) is 4.89. The first-order valence-electron chi connectivity index (χ1n) is 10.2. The van der Waals surface area contributed by atoms with Crippen molar-refractivity contribution in [1.82, 2.24) is 5.32 Å². The van der Waals surface area contributed by atoms with Gasteiger partial charge in [-0.3, -0.25) is 4.79 Å². The molecule has 6 nitrogen and oxygen atoms in total. The summed E-state index contributed by atoms with van der Waals surface area (Å²) in [5, 5.41) is 2.50. The van der Waals surface area contributed by atoms with Gasteiger partial charge in [-0.2, -0.15) is 0 Å². The third-order valence-corrected chi connectivity index (χ3v) is 6.87. The van der Waals surface area contributed by atoms with E-state index in [-0.39, 0.29) is 11.2 Å². The molecule has 4 bridgehead atoms. The first-order valence-corrected chi connectivity index (χ1v) is 10.2. The molecule has 0 unspecified atom stereocenters. The minimum absolute atomic E-state index is 0.113.